The van der Waals surface area contributed by atoms with Crippen molar-refractivity contribution in [1.29, 1.82) is 0 Å². The molecule has 528 valence electrons. The Morgan fingerprint density at radius 3 is 1.37 bits per heavy atom. The summed E-state index contributed by atoms with van der Waals surface area (Å²) in [5.41, 5.74) is -7.71. The second kappa shape index (κ2) is 25.6. The minimum Gasteiger partial charge on any atom is -0.507 e. The van der Waals surface area contributed by atoms with Gasteiger partial charge in [0.05, 0.1) is 90.8 Å². The van der Waals surface area contributed by atoms with Crippen LogP contribution in [0.3, 0.4) is 0 Å². The quantitative estimate of drug-likeness (QED) is 0.0847. The van der Waals surface area contributed by atoms with Gasteiger partial charge in [0.15, 0.2) is 60.7 Å². The molecule has 6 heterocycles. The van der Waals surface area contributed by atoms with Crippen LogP contribution >= 0.6 is 0 Å². The standard InChI is InChI=1S/C36H43NO13.C35H41NO12/c1-16-32-19(37-10-11-46-34(45-6)33(37)50-32)12-23(48-16)49-21-14-36(43,22(38)15-47-35(2,3)4)13-18-25(21)31(42)27-26(29(18)40)28(39)17-8-7-9-20(44-5)24(17)30(27)41;1-15-30-18(36-10-11-45-32(44-6)31(36)48-30)12-21(46-15)47-20-14-35(42,33(41)34(2,3)4)13-17-23(20)29(40)25-24(27(17)38)26(37)16-8-7-9-19(43-5)22(16)28(25)39/h7-9,16,19,21,23,32-34,40,42-43H,10-15H2,1-6H3;7-9,15,18,20-21,30-32,38,40,42H,10-14H2,1-6H3/t16-,19-,21-,23-,32+,33+,34-,36-;15-,18-,20-,21-,30+,31+,32-,35-/m00/s1. The van der Waals surface area contributed by atoms with Gasteiger partial charge in [-0.2, -0.15) is 0 Å². The van der Waals surface area contributed by atoms with Crippen molar-refractivity contribution in [1.82, 2.24) is 9.80 Å². The van der Waals surface area contributed by atoms with E-state index in [-0.39, 0.29) is 93.1 Å². The fourth-order valence-electron chi connectivity index (χ4n) is 16.2. The molecule has 4 aliphatic carbocycles. The normalized spacial score (nSPS) is 32.5. The van der Waals surface area contributed by atoms with E-state index in [1.54, 1.807) is 67.9 Å². The van der Waals surface area contributed by atoms with Gasteiger partial charge in [0.1, 0.15) is 64.5 Å². The smallest absolute Gasteiger partial charge is 0.202 e. The molecule has 4 aromatic carbocycles. The Morgan fingerprint density at radius 1 is 0.561 bits per heavy atom. The van der Waals surface area contributed by atoms with Crippen LogP contribution in [0.2, 0.25) is 0 Å². The van der Waals surface area contributed by atoms with E-state index < -0.39 is 184 Å². The Labute approximate surface area is 564 Å². The summed E-state index contributed by atoms with van der Waals surface area (Å²) in [6.07, 6.45) is -8.77. The molecule has 6 saturated heterocycles. The van der Waals surface area contributed by atoms with E-state index >= 15 is 0 Å². The number of aliphatic hydroxyl groups is 2. The average molecular weight is 1370 g/mol. The molecule has 6 fully saturated rings. The highest BCUT2D eigenvalue weighted by molar-refractivity contribution is 6.32. The van der Waals surface area contributed by atoms with Crippen molar-refractivity contribution < 1.29 is 121 Å². The predicted molar refractivity (Wildman–Crippen MR) is 338 cm³/mol. The van der Waals surface area contributed by atoms with Crippen LogP contribution in [-0.4, -0.2) is 227 Å². The van der Waals surface area contributed by atoms with Gasteiger partial charge in [-0.25, -0.2) is 0 Å². The molecule has 16 atom stereocenters. The third kappa shape index (κ3) is 11.5. The molecule has 0 radical (unpaired) electrons. The third-order valence-electron chi connectivity index (χ3n) is 20.6. The Morgan fingerprint density at radius 2 is 0.969 bits per heavy atom. The molecular formula is C71H84N2O25. The van der Waals surface area contributed by atoms with Crippen LogP contribution in [0.1, 0.15) is 179 Å². The minimum absolute atomic E-state index is 0.00111. The molecule has 0 aromatic heterocycles. The Kier molecular flexibility index (Phi) is 18.2. The van der Waals surface area contributed by atoms with Crippen molar-refractivity contribution in [3.8, 4) is 34.5 Å². The van der Waals surface area contributed by atoms with Gasteiger partial charge in [0.2, 0.25) is 11.6 Å². The SMILES string of the molecule is COc1cccc2c1C(=O)c1c(O)c3c(c(O)c1C2=O)C[C@@](O)(C(=O)C(C)(C)C)C[C@@H]3O[C@H]1C[C@H]2[C@H](O[C@@H]3[C@@H](OC)OCCN32)[C@H](C)O1.COc1cccc2c1C(=O)c1c(O)c3c(c(O)c1C2=O)C[C@@](O)(C(=O)COC(C)(C)C)C[C@@H]3O[C@H]1C[C@H]2[C@H](O[C@@H]3[C@@H](OC)OCCN32)[C@H](C)O1. The maximum atomic E-state index is 14.0. The van der Waals surface area contributed by atoms with E-state index in [1.165, 1.54) is 38.5 Å². The molecule has 27 heteroatoms. The van der Waals surface area contributed by atoms with Gasteiger partial charge in [-0.1, -0.05) is 45.0 Å². The van der Waals surface area contributed by atoms with Gasteiger partial charge in [0.25, 0.3) is 0 Å². The van der Waals surface area contributed by atoms with E-state index in [9.17, 15) is 59.4 Å². The number of hydrogen-bond acceptors (Lipinski definition) is 27. The Hall–Kier alpha value is -6.90. The number of phenolic OH excluding ortho intramolecular Hbond substituents is 4. The van der Waals surface area contributed by atoms with Crippen LogP contribution in [0.4, 0.5) is 0 Å². The lowest BCUT2D eigenvalue weighted by atomic mass is 9.68. The van der Waals surface area contributed by atoms with Crippen molar-refractivity contribution in [2.75, 3.05) is 61.3 Å². The number of carbonyl (C=O) groups excluding carboxylic acids is 6. The second-order valence-electron chi connectivity index (χ2n) is 28.8. The number of benzene rings is 4. The second-order valence-corrected chi connectivity index (χ2v) is 28.8. The summed E-state index contributed by atoms with van der Waals surface area (Å²) >= 11 is 0. The first-order chi connectivity index (χ1) is 46.4. The number of ketones is 6. The van der Waals surface area contributed by atoms with Gasteiger partial charge < -0.3 is 92.2 Å². The van der Waals surface area contributed by atoms with Gasteiger partial charge >= 0.3 is 0 Å². The zero-order valence-corrected chi connectivity index (χ0v) is 56.7. The number of rotatable bonds is 12. The maximum absolute atomic E-state index is 14.0. The zero-order chi connectivity index (χ0) is 70.3. The van der Waals surface area contributed by atoms with Crippen LogP contribution in [0.15, 0.2) is 36.4 Å². The number of phenols is 4. The number of Topliss-reactive ketones (excluding diaryl/α,β-unsaturated/α-hetero) is 2. The largest absolute Gasteiger partial charge is 0.507 e. The number of hydrogen-bond donors (Lipinski definition) is 6. The van der Waals surface area contributed by atoms with Gasteiger partial charge in [-0.15, -0.1) is 0 Å². The van der Waals surface area contributed by atoms with E-state index in [0.29, 0.717) is 39.1 Å². The molecule has 0 amide bonds. The number of ether oxygens (including phenoxy) is 13. The van der Waals surface area contributed by atoms with Gasteiger partial charge in [-0.3, -0.25) is 38.6 Å². The van der Waals surface area contributed by atoms with Gasteiger partial charge in [0, 0.05) is 117 Å². The molecule has 6 N–H and O–H groups in total. The van der Waals surface area contributed by atoms with Crippen molar-refractivity contribution in [2.24, 2.45) is 5.41 Å². The lowest BCUT2D eigenvalue weighted by molar-refractivity contribution is -0.256. The number of methoxy groups -OCH3 is 4. The predicted octanol–water partition coefficient (Wildman–Crippen LogP) is 5.30. The summed E-state index contributed by atoms with van der Waals surface area (Å²) in [5.74, 6) is -6.14. The van der Waals surface area contributed by atoms with Crippen molar-refractivity contribution in [3.63, 3.8) is 0 Å². The van der Waals surface area contributed by atoms with E-state index in [2.05, 4.69) is 9.80 Å². The van der Waals surface area contributed by atoms with E-state index in [0.717, 1.165) is 0 Å². The van der Waals surface area contributed by atoms with Crippen molar-refractivity contribution in [2.45, 2.75) is 197 Å². The fraction of sp³-hybridized carbons (Fsp3) is 0.577. The number of morpholine rings is 2. The van der Waals surface area contributed by atoms with Crippen LogP contribution in [0, 0.1) is 5.41 Å². The molecule has 4 aromatic rings. The summed E-state index contributed by atoms with van der Waals surface area (Å²) in [6, 6.07) is 8.72. The van der Waals surface area contributed by atoms with Crippen molar-refractivity contribution in [3.05, 3.63) is 103 Å². The van der Waals surface area contributed by atoms with Gasteiger partial charge in [-0.05, 0) is 46.8 Å². The number of carbonyl (C=O) groups is 6. The van der Waals surface area contributed by atoms with Crippen molar-refractivity contribution >= 4 is 34.7 Å². The molecule has 14 rings (SSSR count). The summed E-state index contributed by atoms with van der Waals surface area (Å²) in [4.78, 5) is 87.5. The number of nitrogens with zero attached hydrogens (tertiary/aromatic N) is 2. The monoisotopic (exact) mass is 1360 g/mol. The van der Waals surface area contributed by atoms with E-state index in [4.69, 9.17) is 61.6 Å². The molecule has 98 heavy (non-hydrogen) atoms. The van der Waals surface area contributed by atoms with E-state index in [1.807, 2.05) is 13.8 Å². The number of aromatic hydroxyl groups is 4. The van der Waals surface area contributed by atoms with Crippen LogP contribution in [-0.2, 0) is 74.5 Å². The summed E-state index contributed by atoms with van der Waals surface area (Å²) in [6.45, 7) is 15.7. The fourth-order valence-corrected chi connectivity index (χ4v) is 16.2. The summed E-state index contributed by atoms with van der Waals surface area (Å²) < 4.78 is 77.2. The highest BCUT2D eigenvalue weighted by Gasteiger charge is 2.59. The molecule has 0 saturated carbocycles. The third-order valence-corrected chi connectivity index (χ3v) is 20.6. The zero-order valence-electron chi connectivity index (χ0n) is 56.7. The molecule has 27 nitrogen and oxygen atoms in total. The highest BCUT2D eigenvalue weighted by atomic mass is 16.7. The molecule has 0 spiro atoms. The molecule has 0 unspecified atom stereocenters. The van der Waals surface area contributed by atoms with Crippen LogP contribution < -0.4 is 9.47 Å². The molecule has 10 aliphatic rings. The Balaban J connectivity index is 0.000000177. The summed E-state index contributed by atoms with van der Waals surface area (Å²) in [5, 5.41) is 71.4. The maximum Gasteiger partial charge on any atom is 0.202 e. The first-order valence-corrected chi connectivity index (χ1v) is 33.0. The lowest BCUT2D eigenvalue weighted by Crippen LogP contribution is -2.55. The summed E-state index contributed by atoms with van der Waals surface area (Å²) in [7, 11) is 5.83. The average Bonchev–Trinajstić information content (AvgIpc) is 0.976. The number of fused-ring (bicyclic) bond motifs is 12. The lowest BCUT2D eigenvalue weighted by Gasteiger charge is -2.44. The molecule has 6 aliphatic heterocycles. The minimum atomic E-state index is -2.13. The molecule has 0 bridgehead atoms. The molecular weight excluding hydrogens is 1280 g/mol. The topological polar surface area (TPSA) is 350 Å². The Bertz CT molecular complexity index is 3930. The van der Waals surface area contributed by atoms with Crippen LogP contribution in [0.25, 0.3) is 0 Å². The first-order valence-electron chi connectivity index (χ1n) is 33.0. The highest BCUT2D eigenvalue weighted by Crippen LogP contribution is 2.56. The van der Waals surface area contributed by atoms with Crippen LogP contribution in [0.5, 0.6) is 34.5 Å². The first kappa shape index (κ1) is 69.6.